The van der Waals surface area contributed by atoms with E-state index in [-0.39, 0.29) is 36.9 Å². The summed E-state index contributed by atoms with van der Waals surface area (Å²) in [5.41, 5.74) is 4.97. The zero-order chi connectivity index (χ0) is 45.2. The fraction of sp³-hybridized carbons (Fsp3) is 0.333. The molecule has 19 nitrogen and oxygen atoms in total. The summed E-state index contributed by atoms with van der Waals surface area (Å²) in [6.45, 7) is 5.99. The number of methoxy groups -OCH3 is 2. The summed E-state index contributed by atoms with van der Waals surface area (Å²) >= 11 is 12.1. The summed E-state index contributed by atoms with van der Waals surface area (Å²) in [7, 11) is 6.84. The van der Waals surface area contributed by atoms with Crippen molar-refractivity contribution < 1.29 is 38.2 Å². The number of likely N-dealkylation sites (tertiary alicyclic amines) is 1. The van der Waals surface area contributed by atoms with E-state index in [2.05, 4.69) is 47.9 Å². The molecule has 3 aliphatic heterocycles. The van der Waals surface area contributed by atoms with Crippen LogP contribution >= 0.6 is 23.2 Å². The van der Waals surface area contributed by atoms with Gasteiger partial charge in [-0.3, -0.25) is 34.0 Å². The number of aromatic nitrogens is 5. The average molecular weight is 905 g/mol. The van der Waals surface area contributed by atoms with Gasteiger partial charge in [-0.2, -0.15) is 15.1 Å². The van der Waals surface area contributed by atoms with Crippen molar-refractivity contribution in [3.8, 4) is 11.6 Å². The van der Waals surface area contributed by atoms with E-state index in [9.17, 15) is 24.0 Å². The van der Waals surface area contributed by atoms with Crippen LogP contribution in [0, 0.1) is 0 Å². The maximum atomic E-state index is 12.4. The lowest BCUT2D eigenvalue weighted by Crippen LogP contribution is -2.52. The number of nitrogens with one attached hydrogen (secondary N) is 5. The lowest BCUT2D eigenvalue weighted by molar-refractivity contribution is -0.137. The van der Waals surface area contributed by atoms with E-state index in [1.165, 1.54) is 4.90 Å². The third-order valence-electron chi connectivity index (χ3n) is 10.2. The lowest BCUT2D eigenvalue weighted by Gasteiger charge is -2.29. The van der Waals surface area contributed by atoms with Crippen molar-refractivity contribution in [1.82, 2.24) is 45.2 Å². The van der Waals surface area contributed by atoms with Crippen molar-refractivity contribution in [2.45, 2.75) is 44.5 Å². The second-order valence-corrected chi connectivity index (χ2v) is 15.4. The van der Waals surface area contributed by atoms with Crippen LogP contribution in [0.1, 0.15) is 40.7 Å². The van der Waals surface area contributed by atoms with Gasteiger partial charge in [0.15, 0.2) is 0 Å². The highest BCUT2D eigenvalue weighted by atomic mass is 35.5. The number of ether oxygens (including phenoxy) is 3. The Kier molecular flexibility index (Phi) is 15.2. The Hall–Kier alpha value is -6.70. The van der Waals surface area contributed by atoms with E-state index in [4.69, 9.17) is 37.4 Å². The van der Waals surface area contributed by atoms with Gasteiger partial charge in [0.1, 0.15) is 24.0 Å². The predicted molar refractivity (Wildman–Crippen MR) is 235 cm³/mol. The number of carbonyl (C=O) groups excluding carboxylic acids is 5. The Morgan fingerprint density at radius 1 is 1.08 bits per heavy atom. The van der Waals surface area contributed by atoms with Gasteiger partial charge >= 0.3 is 0 Å². The van der Waals surface area contributed by atoms with Gasteiger partial charge in [0, 0.05) is 94.1 Å². The Labute approximate surface area is 372 Å². The number of imide groups is 1. The summed E-state index contributed by atoms with van der Waals surface area (Å²) in [6, 6.07) is 10.1. The summed E-state index contributed by atoms with van der Waals surface area (Å²) in [5.74, 6) is 0.434. The number of nitrogens with zero attached hydrogens (tertiary/aromatic N) is 6. The van der Waals surface area contributed by atoms with Gasteiger partial charge in [0.25, 0.3) is 11.8 Å². The first-order valence-electron chi connectivity index (χ1n) is 19.7. The summed E-state index contributed by atoms with van der Waals surface area (Å²) in [6.07, 6.45) is 7.34. The molecular weight excluding hydrogens is 857 g/mol. The highest BCUT2D eigenvalue weighted by molar-refractivity contribution is 6.35. The zero-order valence-corrected chi connectivity index (χ0v) is 36.5. The summed E-state index contributed by atoms with van der Waals surface area (Å²) in [4.78, 5) is 73.0. The number of fused-ring (bicyclic) bond motifs is 2. The van der Waals surface area contributed by atoms with Crippen LogP contribution in [0.2, 0.25) is 10.0 Å². The topological polar surface area (TPSA) is 227 Å². The monoisotopic (exact) mass is 903 g/mol. The van der Waals surface area contributed by atoms with Crippen LogP contribution in [0.15, 0.2) is 67.1 Å². The Balaban J connectivity index is 0.000000158. The first-order chi connectivity index (χ1) is 30.3. The predicted octanol–water partition coefficient (Wildman–Crippen LogP) is 4.35. The maximum Gasteiger partial charge on any atom is 0.255 e. The van der Waals surface area contributed by atoms with Gasteiger partial charge in [0.05, 0.1) is 35.5 Å². The molecule has 3 aromatic heterocycles. The van der Waals surface area contributed by atoms with Gasteiger partial charge in [-0.05, 0) is 42.2 Å². The van der Waals surface area contributed by atoms with Gasteiger partial charge in [-0.1, -0.05) is 41.9 Å². The van der Waals surface area contributed by atoms with Crippen LogP contribution in [0.3, 0.4) is 0 Å². The Morgan fingerprint density at radius 3 is 2.57 bits per heavy atom. The third-order valence-corrected chi connectivity index (χ3v) is 10.7. The normalized spacial score (nSPS) is 16.6. The molecule has 332 valence electrons. The Morgan fingerprint density at radius 2 is 1.89 bits per heavy atom. The fourth-order valence-electron chi connectivity index (χ4n) is 7.03. The molecule has 2 aromatic carbocycles. The number of amides is 5. The molecule has 6 heterocycles. The molecule has 5 N–H and O–H groups in total. The molecule has 8 rings (SSSR count). The second-order valence-electron chi connectivity index (χ2n) is 14.5. The van der Waals surface area contributed by atoms with E-state index in [0.717, 1.165) is 28.9 Å². The molecular formula is C42H47Cl2N11O8. The molecule has 5 amide bonds. The van der Waals surface area contributed by atoms with Crippen molar-refractivity contribution >= 4 is 81.6 Å². The molecule has 2 unspecified atom stereocenters. The van der Waals surface area contributed by atoms with Crippen molar-refractivity contribution in [3.05, 3.63) is 93.9 Å². The van der Waals surface area contributed by atoms with Gasteiger partial charge in [0.2, 0.25) is 30.1 Å². The highest BCUT2D eigenvalue weighted by Crippen LogP contribution is 2.31. The molecule has 0 saturated carbocycles. The van der Waals surface area contributed by atoms with E-state index >= 15 is 0 Å². The quantitative estimate of drug-likeness (QED) is 0.0630. The number of hydrogen-bond donors (Lipinski definition) is 5. The standard InChI is InChI=1S/C16H21ClN2O3.C15H15N3O4.C11H11ClN6O/c1-11(16(20)19-5-4-14(9-19)21-3)10-22-15-7-12(17)6-13(8-15)18-2;19-8-16-6-9-1-2-11-10(5-9)7-18(15(11)22)12-3-4-13(20)17-14(12)21;1-18-5-6(3-14-18)15-11-16-9-8(7(12)4-13-9)10(17-11)19-2/h6-8,14,18H,1,4-5,9-10H2,2-3H3;1-2,5,8,12H,3-4,6-7H2,(H,16,19)(H,17,20,21);3-5H,1-2H3,(H2,13,15,16,17). The second kappa shape index (κ2) is 20.9. The molecule has 0 spiro atoms. The molecule has 2 fully saturated rings. The molecule has 0 aliphatic carbocycles. The number of anilines is 3. The molecule has 3 aliphatic rings. The largest absolute Gasteiger partial charge is 0.489 e. The van der Waals surface area contributed by atoms with Crippen LogP contribution in [0.25, 0.3) is 11.0 Å². The number of carbonyl (C=O) groups is 5. The van der Waals surface area contributed by atoms with Gasteiger partial charge in [-0.15, -0.1) is 0 Å². The highest BCUT2D eigenvalue weighted by Gasteiger charge is 2.39. The molecule has 0 bridgehead atoms. The molecule has 2 saturated heterocycles. The van der Waals surface area contributed by atoms with E-state index in [1.54, 1.807) is 67.5 Å². The van der Waals surface area contributed by atoms with Crippen LogP contribution in [-0.2, 0) is 44.1 Å². The Bertz CT molecular complexity index is 2510. The molecule has 63 heavy (non-hydrogen) atoms. The van der Waals surface area contributed by atoms with Crippen LogP contribution < -0.4 is 30.7 Å². The van der Waals surface area contributed by atoms with Crippen molar-refractivity contribution in [2.75, 3.05) is 51.6 Å². The third kappa shape index (κ3) is 11.4. The molecule has 5 aromatic rings. The number of hydrogen-bond acceptors (Lipinski definition) is 13. The first kappa shape index (κ1) is 45.8. The SMILES string of the molecule is C=C(COc1cc(Cl)cc(NC)c1)C(=O)N1CCC(OC)C1.COc1nc(Nc2cnn(C)c2)nc2[nH]cc(Cl)c12.O=CNCc1ccc2c(c1)CN(C1CCC(=O)NC1=O)C2=O. The number of rotatable bonds is 13. The fourth-order valence-corrected chi connectivity index (χ4v) is 7.48. The number of H-pyrrole nitrogens is 1. The zero-order valence-electron chi connectivity index (χ0n) is 35.0. The number of piperidine rings is 1. The smallest absolute Gasteiger partial charge is 0.255 e. The van der Waals surface area contributed by atoms with Crippen LogP contribution in [-0.4, -0.2) is 118 Å². The minimum atomic E-state index is -0.603. The number of aryl methyl sites for hydroxylation is 1. The van der Waals surface area contributed by atoms with Crippen molar-refractivity contribution in [2.24, 2.45) is 7.05 Å². The first-order valence-corrected chi connectivity index (χ1v) is 20.4. The minimum absolute atomic E-state index is 0.0876. The summed E-state index contributed by atoms with van der Waals surface area (Å²) < 4.78 is 17.8. The number of benzene rings is 2. The molecule has 0 radical (unpaired) electrons. The molecule has 2 atom stereocenters. The molecule has 21 heteroatoms. The average Bonchev–Trinajstić information content (AvgIpc) is 4.08. The minimum Gasteiger partial charge on any atom is -0.489 e. The number of aromatic amines is 1. The maximum absolute atomic E-state index is 12.4. The van der Waals surface area contributed by atoms with Gasteiger partial charge in [-0.25, -0.2) is 0 Å². The number of halogens is 2. The van der Waals surface area contributed by atoms with E-state index in [0.29, 0.717) is 88.8 Å². The van der Waals surface area contributed by atoms with Crippen LogP contribution in [0.4, 0.5) is 17.3 Å². The van der Waals surface area contributed by atoms with E-state index in [1.807, 2.05) is 25.4 Å². The summed E-state index contributed by atoms with van der Waals surface area (Å²) in [5, 5.41) is 16.7. The van der Waals surface area contributed by atoms with Crippen LogP contribution in [0.5, 0.6) is 11.6 Å². The van der Waals surface area contributed by atoms with Crippen molar-refractivity contribution in [3.63, 3.8) is 0 Å². The van der Waals surface area contributed by atoms with Gasteiger partial charge < -0.3 is 44.9 Å². The lowest BCUT2D eigenvalue weighted by atomic mass is 10.0. The van der Waals surface area contributed by atoms with Crippen molar-refractivity contribution in [1.29, 1.82) is 0 Å². The van der Waals surface area contributed by atoms with E-state index < -0.39 is 11.9 Å².